The van der Waals surface area contributed by atoms with Gasteiger partial charge in [0.25, 0.3) is 0 Å². The first-order chi connectivity index (χ1) is 18.1. The van der Waals surface area contributed by atoms with Gasteiger partial charge in [-0.25, -0.2) is 9.37 Å². The number of amides is 2. The normalized spacial score (nSPS) is 15.7. The Morgan fingerprint density at radius 1 is 1.26 bits per heavy atom. The average molecular weight is 521 g/mol. The van der Waals surface area contributed by atoms with Gasteiger partial charge in [0, 0.05) is 49.8 Å². The summed E-state index contributed by atoms with van der Waals surface area (Å²) in [6, 6.07) is 6.69. The Hall–Kier alpha value is -4.35. The molecule has 5 rings (SSSR count). The van der Waals surface area contributed by atoms with Crippen LogP contribution >= 0.6 is 0 Å². The minimum atomic E-state index is -0.573. The topological polar surface area (TPSA) is 142 Å². The maximum atomic E-state index is 15.1. The number of rotatable bonds is 6. The van der Waals surface area contributed by atoms with E-state index in [0.29, 0.717) is 41.5 Å². The minimum Gasteiger partial charge on any atom is -0.363 e. The van der Waals surface area contributed by atoms with Gasteiger partial charge >= 0.3 is 11.8 Å². The SMILES string of the molecule is CC(=O)N1CC[C@H](Nc2n[nH]c3nccc(-c4ccc(CNC(=O)c5nc(C(C)(C)C)no5)c(F)c4)c23)C1. The molecular weight excluding hydrogens is 491 g/mol. The number of aromatic nitrogens is 5. The third kappa shape index (κ3) is 5.06. The van der Waals surface area contributed by atoms with Crippen molar-refractivity contribution in [2.75, 3.05) is 18.4 Å². The molecule has 0 aliphatic carbocycles. The lowest BCUT2D eigenvalue weighted by Gasteiger charge is -2.15. The summed E-state index contributed by atoms with van der Waals surface area (Å²) >= 11 is 0. The first kappa shape index (κ1) is 25.3. The number of nitrogens with zero attached hydrogens (tertiary/aromatic N) is 5. The first-order valence-electron chi connectivity index (χ1n) is 12.4. The van der Waals surface area contributed by atoms with Crippen LogP contribution in [0.15, 0.2) is 35.0 Å². The van der Waals surface area contributed by atoms with Crippen LogP contribution in [0, 0.1) is 5.82 Å². The number of anilines is 1. The van der Waals surface area contributed by atoms with Crippen molar-refractivity contribution in [2.45, 2.75) is 52.1 Å². The van der Waals surface area contributed by atoms with Gasteiger partial charge in [0.2, 0.25) is 5.91 Å². The van der Waals surface area contributed by atoms with Gasteiger partial charge in [-0.1, -0.05) is 38.1 Å². The molecule has 1 atom stereocenters. The molecule has 0 bridgehead atoms. The second-order valence-electron chi connectivity index (χ2n) is 10.4. The number of pyridine rings is 1. The molecular formula is C26H29FN8O3. The molecule has 0 saturated carbocycles. The Bertz CT molecular complexity index is 1510. The molecule has 0 unspecified atom stereocenters. The summed E-state index contributed by atoms with van der Waals surface area (Å²) in [5.41, 5.74) is 1.90. The molecule has 2 amide bonds. The summed E-state index contributed by atoms with van der Waals surface area (Å²) < 4.78 is 20.2. The van der Waals surface area contributed by atoms with Crippen LogP contribution in [0.1, 0.15) is 56.2 Å². The van der Waals surface area contributed by atoms with E-state index in [4.69, 9.17) is 4.52 Å². The number of hydrogen-bond donors (Lipinski definition) is 3. The highest BCUT2D eigenvalue weighted by Crippen LogP contribution is 2.33. The van der Waals surface area contributed by atoms with Crippen molar-refractivity contribution in [1.29, 1.82) is 0 Å². The quantitative estimate of drug-likeness (QED) is 0.351. The van der Waals surface area contributed by atoms with Crippen LogP contribution in [0.2, 0.25) is 0 Å². The zero-order chi connectivity index (χ0) is 27.0. The maximum absolute atomic E-state index is 15.1. The van der Waals surface area contributed by atoms with Crippen LogP contribution in [0.5, 0.6) is 0 Å². The number of benzene rings is 1. The fraction of sp³-hybridized carbons (Fsp3) is 0.385. The highest BCUT2D eigenvalue weighted by Gasteiger charge is 2.26. The summed E-state index contributed by atoms with van der Waals surface area (Å²) in [6.07, 6.45) is 2.44. The molecule has 4 aromatic rings. The molecule has 4 heterocycles. The number of carbonyl (C=O) groups is 2. The van der Waals surface area contributed by atoms with E-state index in [2.05, 4.69) is 36.0 Å². The molecule has 12 heteroatoms. The van der Waals surface area contributed by atoms with E-state index < -0.39 is 11.7 Å². The zero-order valence-corrected chi connectivity index (χ0v) is 21.6. The highest BCUT2D eigenvalue weighted by molar-refractivity contribution is 6.00. The van der Waals surface area contributed by atoms with Gasteiger partial charge in [-0.05, 0) is 29.7 Å². The predicted molar refractivity (Wildman–Crippen MR) is 138 cm³/mol. The Labute approximate surface area is 218 Å². The monoisotopic (exact) mass is 520 g/mol. The largest absolute Gasteiger partial charge is 0.363 e. The smallest absolute Gasteiger partial charge is 0.315 e. The zero-order valence-electron chi connectivity index (χ0n) is 21.6. The van der Waals surface area contributed by atoms with Gasteiger partial charge in [-0.2, -0.15) is 10.1 Å². The second kappa shape index (κ2) is 9.84. The highest BCUT2D eigenvalue weighted by atomic mass is 19.1. The number of hydrogen-bond acceptors (Lipinski definition) is 8. The number of H-pyrrole nitrogens is 1. The molecule has 1 saturated heterocycles. The summed E-state index contributed by atoms with van der Waals surface area (Å²) in [6.45, 7) is 8.52. The van der Waals surface area contributed by atoms with Gasteiger partial charge in [0.1, 0.15) is 5.82 Å². The van der Waals surface area contributed by atoms with Crippen molar-refractivity contribution >= 4 is 28.7 Å². The molecule has 3 N–H and O–H groups in total. The van der Waals surface area contributed by atoms with Crippen LogP contribution in [0.3, 0.4) is 0 Å². The van der Waals surface area contributed by atoms with Crippen molar-refractivity contribution in [3.05, 3.63) is 53.6 Å². The van der Waals surface area contributed by atoms with Crippen molar-refractivity contribution in [3.8, 4) is 11.1 Å². The number of carbonyl (C=O) groups excluding carboxylic acids is 2. The average Bonchev–Trinajstić information content (AvgIpc) is 3.63. The second-order valence-corrected chi connectivity index (χ2v) is 10.4. The Kier molecular flexibility index (Phi) is 6.55. The molecule has 3 aromatic heterocycles. The Morgan fingerprint density at radius 2 is 2.08 bits per heavy atom. The molecule has 38 heavy (non-hydrogen) atoms. The van der Waals surface area contributed by atoms with Crippen molar-refractivity contribution in [1.82, 2.24) is 35.5 Å². The summed E-state index contributed by atoms with van der Waals surface area (Å²) in [4.78, 5) is 34.4. The summed E-state index contributed by atoms with van der Waals surface area (Å²) in [5.74, 6) is -0.151. The molecule has 11 nitrogen and oxygen atoms in total. The Balaban J connectivity index is 1.33. The number of fused-ring (bicyclic) bond motifs is 1. The van der Waals surface area contributed by atoms with E-state index in [0.717, 1.165) is 17.4 Å². The maximum Gasteiger partial charge on any atom is 0.315 e. The standard InChI is InChI=1S/C26H29FN8O3/c1-14(36)35-10-8-17(13-35)30-22-20-18(7-9-28-21(20)32-33-22)15-5-6-16(19(27)11-15)12-29-23(37)24-31-25(34-38-24)26(2,3)4/h5-7,9,11,17H,8,10,12-13H2,1-4H3,(H,29,37)(H2,28,30,32,33)/t17-/m0/s1. The number of aromatic amines is 1. The molecule has 1 aliphatic heterocycles. The minimum absolute atomic E-state index is 0.0436. The summed E-state index contributed by atoms with van der Waals surface area (Å²) in [5, 5.41) is 17.9. The van der Waals surface area contributed by atoms with Gasteiger partial charge in [-0.3, -0.25) is 14.7 Å². The van der Waals surface area contributed by atoms with E-state index in [-0.39, 0.29) is 29.8 Å². The lowest BCUT2D eigenvalue weighted by molar-refractivity contribution is -0.127. The number of nitrogens with one attached hydrogen (secondary N) is 3. The molecule has 198 valence electrons. The molecule has 0 radical (unpaired) electrons. The molecule has 0 spiro atoms. The van der Waals surface area contributed by atoms with E-state index in [9.17, 15) is 9.59 Å². The first-order valence-corrected chi connectivity index (χ1v) is 12.4. The number of halogens is 1. The Morgan fingerprint density at radius 3 is 2.76 bits per heavy atom. The summed E-state index contributed by atoms with van der Waals surface area (Å²) in [7, 11) is 0. The fourth-order valence-electron chi connectivity index (χ4n) is 4.38. The van der Waals surface area contributed by atoms with Gasteiger partial charge in [-0.15, -0.1) is 0 Å². The van der Waals surface area contributed by atoms with Crippen LogP contribution < -0.4 is 10.6 Å². The van der Waals surface area contributed by atoms with E-state index in [1.165, 1.54) is 6.07 Å². The van der Waals surface area contributed by atoms with E-state index >= 15 is 4.39 Å². The van der Waals surface area contributed by atoms with Crippen LogP contribution in [-0.4, -0.2) is 61.2 Å². The lowest BCUT2D eigenvalue weighted by Crippen LogP contribution is -2.29. The van der Waals surface area contributed by atoms with Crippen LogP contribution in [0.25, 0.3) is 22.2 Å². The lowest BCUT2D eigenvalue weighted by atomic mass is 9.96. The van der Waals surface area contributed by atoms with E-state index in [1.807, 2.05) is 20.8 Å². The van der Waals surface area contributed by atoms with Gasteiger partial charge < -0.3 is 20.1 Å². The van der Waals surface area contributed by atoms with E-state index in [1.54, 1.807) is 36.2 Å². The van der Waals surface area contributed by atoms with Crippen LogP contribution in [-0.2, 0) is 16.8 Å². The fourth-order valence-corrected chi connectivity index (χ4v) is 4.38. The molecule has 1 aliphatic rings. The van der Waals surface area contributed by atoms with Crippen molar-refractivity contribution < 1.29 is 18.5 Å². The number of likely N-dealkylation sites (tertiary alicyclic amines) is 1. The molecule has 1 aromatic carbocycles. The van der Waals surface area contributed by atoms with Crippen LogP contribution in [0.4, 0.5) is 10.2 Å². The third-order valence-corrected chi connectivity index (χ3v) is 6.53. The van der Waals surface area contributed by atoms with Crippen molar-refractivity contribution in [2.24, 2.45) is 0 Å². The van der Waals surface area contributed by atoms with Gasteiger partial charge in [0.15, 0.2) is 17.3 Å². The third-order valence-electron chi connectivity index (χ3n) is 6.53. The van der Waals surface area contributed by atoms with Gasteiger partial charge in [0.05, 0.1) is 5.39 Å². The van der Waals surface area contributed by atoms with Crippen molar-refractivity contribution in [3.63, 3.8) is 0 Å². The predicted octanol–water partition coefficient (Wildman–Crippen LogP) is 3.41. The molecule has 1 fully saturated rings.